The lowest BCUT2D eigenvalue weighted by molar-refractivity contribution is -0.116. The Bertz CT molecular complexity index is 482. The number of aliphatic hydroxyl groups excluding tert-OH is 1. The van der Waals surface area contributed by atoms with Gasteiger partial charge in [0, 0.05) is 12.6 Å². The van der Waals surface area contributed by atoms with Crippen molar-refractivity contribution in [2.45, 2.75) is 19.4 Å². The Balaban J connectivity index is 1.86. The summed E-state index contributed by atoms with van der Waals surface area (Å²) in [4.78, 5) is 11.5. The maximum atomic E-state index is 11.5. The first-order valence-electron chi connectivity index (χ1n) is 6.19. The number of nitrogens with one attached hydrogen (secondary N) is 1. The molecule has 0 aliphatic carbocycles. The highest BCUT2D eigenvalue weighted by molar-refractivity contribution is 5.91. The van der Waals surface area contributed by atoms with E-state index in [9.17, 15) is 4.79 Å². The SMILES string of the molecule is CC(O)CCNC(=O)C=Cc1ccc2c(c1)OCO2. The van der Waals surface area contributed by atoms with Crippen LogP contribution < -0.4 is 14.8 Å². The second-order valence-corrected chi connectivity index (χ2v) is 4.37. The summed E-state index contributed by atoms with van der Waals surface area (Å²) in [7, 11) is 0. The minimum Gasteiger partial charge on any atom is -0.454 e. The molecule has 2 rings (SSSR count). The third-order valence-electron chi connectivity index (χ3n) is 2.69. The molecule has 19 heavy (non-hydrogen) atoms. The molecule has 5 heteroatoms. The van der Waals surface area contributed by atoms with Gasteiger partial charge in [-0.1, -0.05) is 6.07 Å². The van der Waals surface area contributed by atoms with Crippen molar-refractivity contribution in [3.63, 3.8) is 0 Å². The Hall–Kier alpha value is -2.01. The van der Waals surface area contributed by atoms with Gasteiger partial charge in [-0.05, 0) is 37.1 Å². The summed E-state index contributed by atoms with van der Waals surface area (Å²) in [5, 5.41) is 11.8. The topological polar surface area (TPSA) is 67.8 Å². The van der Waals surface area contributed by atoms with Crippen LogP contribution in [0.4, 0.5) is 0 Å². The Kier molecular flexibility index (Phi) is 4.41. The zero-order valence-corrected chi connectivity index (χ0v) is 10.8. The molecule has 2 N–H and O–H groups in total. The summed E-state index contributed by atoms with van der Waals surface area (Å²) in [5.41, 5.74) is 0.870. The Morgan fingerprint density at radius 1 is 1.47 bits per heavy atom. The lowest BCUT2D eigenvalue weighted by atomic mass is 10.2. The fraction of sp³-hybridized carbons (Fsp3) is 0.357. The lowest BCUT2D eigenvalue weighted by Gasteiger charge is -2.04. The van der Waals surface area contributed by atoms with E-state index < -0.39 is 6.10 Å². The molecule has 0 fully saturated rings. The van der Waals surface area contributed by atoms with E-state index in [1.807, 2.05) is 18.2 Å². The highest BCUT2D eigenvalue weighted by atomic mass is 16.7. The molecule has 0 saturated heterocycles. The van der Waals surface area contributed by atoms with E-state index in [4.69, 9.17) is 14.6 Å². The quantitative estimate of drug-likeness (QED) is 0.786. The minimum atomic E-state index is -0.405. The summed E-state index contributed by atoms with van der Waals surface area (Å²) in [6, 6.07) is 5.49. The number of amides is 1. The molecule has 1 aromatic rings. The fourth-order valence-electron chi connectivity index (χ4n) is 1.65. The number of aliphatic hydroxyl groups is 1. The summed E-state index contributed by atoms with van der Waals surface area (Å²) in [5.74, 6) is 1.23. The van der Waals surface area contributed by atoms with Gasteiger partial charge in [0.05, 0.1) is 6.10 Å². The summed E-state index contributed by atoms with van der Waals surface area (Å²) < 4.78 is 10.5. The van der Waals surface area contributed by atoms with Gasteiger partial charge >= 0.3 is 0 Å². The average Bonchev–Trinajstić information content (AvgIpc) is 2.83. The van der Waals surface area contributed by atoms with Crippen molar-refractivity contribution in [2.24, 2.45) is 0 Å². The van der Waals surface area contributed by atoms with Crippen molar-refractivity contribution in [1.29, 1.82) is 0 Å². The van der Waals surface area contributed by atoms with E-state index in [2.05, 4.69) is 5.32 Å². The van der Waals surface area contributed by atoms with Crippen LogP contribution >= 0.6 is 0 Å². The lowest BCUT2D eigenvalue weighted by Crippen LogP contribution is -2.24. The van der Waals surface area contributed by atoms with Gasteiger partial charge in [0.15, 0.2) is 11.5 Å². The molecular weight excluding hydrogens is 246 g/mol. The number of hydrogen-bond acceptors (Lipinski definition) is 4. The van der Waals surface area contributed by atoms with Gasteiger partial charge in [0.25, 0.3) is 0 Å². The van der Waals surface area contributed by atoms with Gasteiger partial charge in [0.2, 0.25) is 12.7 Å². The van der Waals surface area contributed by atoms with E-state index in [-0.39, 0.29) is 12.7 Å². The zero-order valence-electron chi connectivity index (χ0n) is 10.8. The first kappa shape index (κ1) is 13.4. The molecule has 1 atom stereocenters. The zero-order chi connectivity index (χ0) is 13.7. The molecule has 1 aliphatic heterocycles. The van der Waals surface area contributed by atoms with E-state index >= 15 is 0 Å². The first-order chi connectivity index (χ1) is 9.15. The van der Waals surface area contributed by atoms with Crippen molar-refractivity contribution in [3.05, 3.63) is 29.8 Å². The molecule has 1 unspecified atom stereocenters. The van der Waals surface area contributed by atoms with E-state index in [1.54, 1.807) is 13.0 Å². The molecule has 0 aromatic heterocycles. The minimum absolute atomic E-state index is 0.182. The highest BCUT2D eigenvalue weighted by Crippen LogP contribution is 2.32. The van der Waals surface area contributed by atoms with Gasteiger partial charge < -0.3 is 19.9 Å². The Morgan fingerprint density at radius 3 is 3.05 bits per heavy atom. The normalized spacial score (nSPS) is 14.6. The molecule has 102 valence electrons. The van der Waals surface area contributed by atoms with Crippen LogP contribution in [-0.2, 0) is 4.79 Å². The highest BCUT2D eigenvalue weighted by Gasteiger charge is 2.12. The molecule has 1 aliphatic rings. The number of benzene rings is 1. The third kappa shape index (κ3) is 3.99. The van der Waals surface area contributed by atoms with Crippen LogP contribution in [0.3, 0.4) is 0 Å². The van der Waals surface area contributed by atoms with E-state index in [0.717, 1.165) is 11.3 Å². The first-order valence-corrected chi connectivity index (χ1v) is 6.19. The van der Waals surface area contributed by atoms with Crippen LogP contribution in [0.2, 0.25) is 0 Å². The molecule has 5 nitrogen and oxygen atoms in total. The van der Waals surface area contributed by atoms with Crippen LogP contribution in [0.5, 0.6) is 11.5 Å². The monoisotopic (exact) mass is 263 g/mol. The largest absolute Gasteiger partial charge is 0.454 e. The van der Waals surface area contributed by atoms with Crippen LogP contribution in [0, 0.1) is 0 Å². The molecule has 0 spiro atoms. The van der Waals surface area contributed by atoms with Gasteiger partial charge in [-0.15, -0.1) is 0 Å². The molecule has 0 bridgehead atoms. The number of carbonyl (C=O) groups is 1. The smallest absolute Gasteiger partial charge is 0.244 e. The number of ether oxygens (including phenoxy) is 2. The molecule has 1 aromatic carbocycles. The predicted molar refractivity (Wildman–Crippen MR) is 70.9 cm³/mol. The van der Waals surface area contributed by atoms with Gasteiger partial charge in [0.1, 0.15) is 0 Å². The summed E-state index contributed by atoms with van der Waals surface area (Å²) >= 11 is 0. The van der Waals surface area contributed by atoms with E-state index in [1.165, 1.54) is 6.08 Å². The molecule has 1 heterocycles. The van der Waals surface area contributed by atoms with Crippen molar-refractivity contribution in [1.82, 2.24) is 5.32 Å². The number of fused-ring (bicyclic) bond motifs is 1. The molecule has 0 radical (unpaired) electrons. The molecule has 1 amide bonds. The van der Waals surface area contributed by atoms with Gasteiger partial charge in [-0.25, -0.2) is 0 Å². The Morgan fingerprint density at radius 2 is 2.26 bits per heavy atom. The standard InChI is InChI=1S/C14H17NO4/c1-10(16)6-7-15-14(17)5-3-11-2-4-12-13(8-11)19-9-18-12/h2-5,8,10,16H,6-7,9H2,1H3,(H,15,17). The number of rotatable bonds is 5. The van der Waals surface area contributed by atoms with Gasteiger partial charge in [-0.2, -0.15) is 0 Å². The maximum absolute atomic E-state index is 11.5. The van der Waals surface area contributed by atoms with Crippen LogP contribution in [-0.4, -0.2) is 30.5 Å². The number of hydrogen-bond donors (Lipinski definition) is 2. The third-order valence-corrected chi connectivity index (χ3v) is 2.69. The fourth-order valence-corrected chi connectivity index (χ4v) is 1.65. The maximum Gasteiger partial charge on any atom is 0.244 e. The van der Waals surface area contributed by atoms with Crippen LogP contribution in [0.25, 0.3) is 6.08 Å². The number of carbonyl (C=O) groups excluding carboxylic acids is 1. The summed E-state index contributed by atoms with van der Waals surface area (Å²) in [6.45, 7) is 2.39. The van der Waals surface area contributed by atoms with Crippen molar-refractivity contribution < 1.29 is 19.4 Å². The van der Waals surface area contributed by atoms with Crippen molar-refractivity contribution in [3.8, 4) is 11.5 Å². The van der Waals surface area contributed by atoms with Crippen molar-refractivity contribution >= 4 is 12.0 Å². The van der Waals surface area contributed by atoms with Gasteiger partial charge in [-0.3, -0.25) is 4.79 Å². The summed E-state index contributed by atoms with van der Waals surface area (Å²) in [6.07, 6.45) is 3.31. The molecule has 0 saturated carbocycles. The van der Waals surface area contributed by atoms with Crippen LogP contribution in [0.1, 0.15) is 18.9 Å². The second kappa shape index (κ2) is 6.24. The predicted octanol–water partition coefficient (Wildman–Crippen LogP) is 1.32. The van der Waals surface area contributed by atoms with E-state index in [0.29, 0.717) is 18.7 Å². The molecular formula is C14H17NO4. The Labute approximate surface area is 111 Å². The van der Waals surface area contributed by atoms with Crippen molar-refractivity contribution in [2.75, 3.05) is 13.3 Å². The van der Waals surface area contributed by atoms with Crippen LogP contribution in [0.15, 0.2) is 24.3 Å². The average molecular weight is 263 g/mol. The second-order valence-electron chi connectivity index (χ2n) is 4.37.